The third-order valence-electron chi connectivity index (χ3n) is 5.09. The highest BCUT2D eigenvalue weighted by molar-refractivity contribution is 7.98. The smallest absolute Gasteiger partial charge is 0.404 e. The summed E-state index contributed by atoms with van der Waals surface area (Å²) in [5.41, 5.74) is 6.82. The third-order valence-corrected chi connectivity index (χ3v) is 5.74. The van der Waals surface area contributed by atoms with Crippen molar-refractivity contribution in [2.24, 2.45) is 5.73 Å². The molecule has 0 saturated heterocycles. The molecule has 2 heterocycles. The van der Waals surface area contributed by atoms with E-state index in [1.54, 1.807) is 42.1 Å². The van der Waals surface area contributed by atoms with Crippen molar-refractivity contribution in [1.29, 1.82) is 0 Å². The molecule has 5 N–H and O–H groups in total. The number of aromatic nitrogens is 3. The standard InChI is InChI=1S/C24H32N6O8S/c1-34-17-13-16(28-21-19(20(25)31)22-26-3-5-30(22)23(29-21)39-2)14-18(15-17)38-12-11-37-10-9-36-8-7-35-6-4-27-24(32)33/h3,5,13-15,27-28H,4,6-12H2,1-2H3,(H2,25,31)(H,32,33). The molecule has 0 aliphatic rings. The highest BCUT2D eigenvalue weighted by Crippen LogP contribution is 2.31. The Labute approximate surface area is 229 Å². The van der Waals surface area contributed by atoms with Gasteiger partial charge < -0.3 is 45.2 Å². The van der Waals surface area contributed by atoms with E-state index in [2.05, 4.69) is 20.6 Å². The number of imidazole rings is 1. The van der Waals surface area contributed by atoms with Crippen LogP contribution < -0.4 is 25.8 Å². The minimum Gasteiger partial charge on any atom is -0.497 e. The Balaban J connectivity index is 1.48. The van der Waals surface area contributed by atoms with Gasteiger partial charge in [-0.3, -0.25) is 9.20 Å². The number of hydrogen-bond donors (Lipinski definition) is 4. The van der Waals surface area contributed by atoms with Crippen LogP contribution in [0.4, 0.5) is 16.3 Å². The van der Waals surface area contributed by atoms with Crippen molar-refractivity contribution in [3.63, 3.8) is 0 Å². The van der Waals surface area contributed by atoms with Crippen LogP contribution >= 0.6 is 11.8 Å². The second-order valence-corrected chi connectivity index (χ2v) is 8.52. The van der Waals surface area contributed by atoms with Gasteiger partial charge in [0.15, 0.2) is 10.8 Å². The first-order valence-corrected chi connectivity index (χ1v) is 13.1. The lowest BCUT2D eigenvalue weighted by Crippen LogP contribution is -2.25. The summed E-state index contributed by atoms with van der Waals surface area (Å²) in [6.45, 7) is 2.64. The van der Waals surface area contributed by atoms with Gasteiger partial charge in [-0.1, -0.05) is 11.8 Å². The van der Waals surface area contributed by atoms with Crippen LogP contribution in [0.15, 0.2) is 35.7 Å². The number of carbonyl (C=O) groups is 2. The van der Waals surface area contributed by atoms with E-state index in [-0.39, 0.29) is 31.1 Å². The van der Waals surface area contributed by atoms with Gasteiger partial charge in [-0.05, 0) is 6.26 Å². The Bertz CT molecular complexity index is 1240. The molecule has 0 spiro atoms. The van der Waals surface area contributed by atoms with Crippen molar-refractivity contribution in [3.8, 4) is 11.5 Å². The van der Waals surface area contributed by atoms with Crippen molar-refractivity contribution < 1.29 is 38.4 Å². The molecule has 0 unspecified atom stereocenters. The molecule has 212 valence electrons. The average molecular weight is 565 g/mol. The van der Waals surface area contributed by atoms with Gasteiger partial charge in [-0.25, -0.2) is 14.8 Å². The van der Waals surface area contributed by atoms with Crippen molar-refractivity contribution in [2.75, 3.05) is 71.5 Å². The number of nitrogens with zero attached hydrogens (tertiary/aromatic N) is 3. The number of amides is 2. The number of carboxylic acid groups (broad SMARTS) is 1. The molecular formula is C24H32N6O8S. The van der Waals surface area contributed by atoms with Gasteiger partial charge in [0.1, 0.15) is 29.5 Å². The van der Waals surface area contributed by atoms with Crippen LogP contribution in [0, 0.1) is 0 Å². The summed E-state index contributed by atoms with van der Waals surface area (Å²) in [6, 6.07) is 5.22. The molecule has 3 rings (SSSR count). The first-order valence-electron chi connectivity index (χ1n) is 11.9. The largest absolute Gasteiger partial charge is 0.497 e. The van der Waals surface area contributed by atoms with Crippen molar-refractivity contribution in [3.05, 3.63) is 36.2 Å². The van der Waals surface area contributed by atoms with Crippen LogP contribution in [-0.4, -0.2) is 97.6 Å². The van der Waals surface area contributed by atoms with Crippen molar-refractivity contribution in [1.82, 2.24) is 19.7 Å². The molecule has 1 aromatic carbocycles. The van der Waals surface area contributed by atoms with Gasteiger partial charge in [-0.2, -0.15) is 0 Å². The number of nitrogens with one attached hydrogen (secondary N) is 2. The van der Waals surface area contributed by atoms with Crippen LogP contribution in [0.3, 0.4) is 0 Å². The van der Waals surface area contributed by atoms with Gasteiger partial charge in [-0.15, -0.1) is 0 Å². The van der Waals surface area contributed by atoms with E-state index < -0.39 is 12.0 Å². The number of fused-ring (bicyclic) bond motifs is 1. The number of anilines is 2. The van der Waals surface area contributed by atoms with Crippen LogP contribution in [-0.2, 0) is 14.2 Å². The lowest BCUT2D eigenvalue weighted by Gasteiger charge is -2.15. The lowest BCUT2D eigenvalue weighted by atomic mass is 10.2. The zero-order valence-electron chi connectivity index (χ0n) is 21.7. The number of ether oxygens (including phenoxy) is 5. The van der Waals surface area contributed by atoms with Crippen LogP contribution in [0.25, 0.3) is 5.65 Å². The molecular weight excluding hydrogens is 532 g/mol. The summed E-state index contributed by atoms with van der Waals surface area (Å²) in [7, 11) is 1.54. The monoisotopic (exact) mass is 564 g/mol. The molecule has 14 nitrogen and oxygen atoms in total. The minimum absolute atomic E-state index is 0.167. The molecule has 0 atom stereocenters. The predicted molar refractivity (Wildman–Crippen MR) is 144 cm³/mol. The van der Waals surface area contributed by atoms with E-state index in [4.69, 9.17) is 34.5 Å². The number of primary amides is 1. The average Bonchev–Trinajstić information content (AvgIpc) is 3.39. The second-order valence-electron chi connectivity index (χ2n) is 7.75. The molecule has 0 fully saturated rings. The van der Waals surface area contributed by atoms with E-state index in [1.807, 2.05) is 6.26 Å². The molecule has 15 heteroatoms. The van der Waals surface area contributed by atoms with E-state index in [0.29, 0.717) is 61.0 Å². The Morgan fingerprint density at radius 2 is 1.69 bits per heavy atom. The summed E-state index contributed by atoms with van der Waals surface area (Å²) in [4.78, 5) is 31.4. The van der Waals surface area contributed by atoms with E-state index in [1.165, 1.54) is 11.8 Å². The van der Waals surface area contributed by atoms with E-state index >= 15 is 0 Å². The molecule has 2 amide bonds. The lowest BCUT2D eigenvalue weighted by molar-refractivity contribution is 0.00992. The highest BCUT2D eigenvalue weighted by Gasteiger charge is 2.20. The Morgan fingerprint density at radius 1 is 1.03 bits per heavy atom. The molecule has 0 bridgehead atoms. The van der Waals surface area contributed by atoms with Gasteiger partial charge in [0.25, 0.3) is 5.91 Å². The second kappa shape index (κ2) is 15.6. The molecule has 3 aromatic rings. The number of benzene rings is 1. The van der Waals surface area contributed by atoms with Crippen LogP contribution in [0.5, 0.6) is 11.5 Å². The number of methoxy groups -OCH3 is 1. The number of carbonyl (C=O) groups excluding carboxylic acids is 1. The maximum Gasteiger partial charge on any atom is 0.404 e. The Hall–Kier alpha value is -3.79. The number of nitrogens with two attached hydrogens (primary N) is 1. The summed E-state index contributed by atoms with van der Waals surface area (Å²) in [5, 5.41) is 14.4. The quantitative estimate of drug-likeness (QED) is 0.100. The summed E-state index contributed by atoms with van der Waals surface area (Å²) < 4.78 is 29.1. The third kappa shape index (κ3) is 9.17. The summed E-state index contributed by atoms with van der Waals surface area (Å²) in [6.07, 6.45) is 4.10. The van der Waals surface area contributed by atoms with Crippen molar-refractivity contribution in [2.45, 2.75) is 5.16 Å². The minimum atomic E-state index is -1.08. The van der Waals surface area contributed by atoms with Gasteiger partial charge >= 0.3 is 6.09 Å². The fourth-order valence-electron chi connectivity index (χ4n) is 3.39. The van der Waals surface area contributed by atoms with E-state index in [9.17, 15) is 9.59 Å². The molecule has 0 aliphatic carbocycles. The fraction of sp³-hybridized carbons (Fsp3) is 0.417. The molecule has 2 aromatic heterocycles. The zero-order valence-corrected chi connectivity index (χ0v) is 22.5. The van der Waals surface area contributed by atoms with Gasteiger partial charge in [0, 0.05) is 42.8 Å². The van der Waals surface area contributed by atoms with Gasteiger partial charge in [0.2, 0.25) is 0 Å². The molecule has 0 radical (unpaired) electrons. The Kier molecular flexibility index (Phi) is 11.9. The Morgan fingerprint density at radius 3 is 2.33 bits per heavy atom. The molecule has 0 aliphatic heterocycles. The zero-order chi connectivity index (χ0) is 28.0. The van der Waals surface area contributed by atoms with Crippen LogP contribution in [0.2, 0.25) is 0 Å². The highest BCUT2D eigenvalue weighted by atomic mass is 32.2. The fourth-order valence-corrected chi connectivity index (χ4v) is 3.91. The van der Waals surface area contributed by atoms with Crippen molar-refractivity contribution >= 4 is 40.9 Å². The normalized spacial score (nSPS) is 10.9. The van der Waals surface area contributed by atoms with Crippen LogP contribution in [0.1, 0.15) is 10.4 Å². The van der Waals surface area contributed by atoms with Gasteiger partial charge in [0.05, 0.1) is 46.8 Å². The number of hydrogen-bond acceptors (Lipinski definition) is 11. The molecule has 0 saturated carbocycles. The predicted octanol–water partition coefficient (Wildman–Crippen LogP) is 2.00. The number of rotatable bonds is 18. The number of thioether (sulfide) groups is 1. The maximum atomic E-state index is 12.3. The SMILES string of the molecule is COc1cc(Nc2nc(SC)n3ccnc3c2C(N)=O)cc(OCCOCCOCCOCCNC(=O)O)c1. The molecule has 39 heavy (non-hydrogen) atoms. The van der Waals surface area contributed by atoms with E-state index in [0.717, 1.165) is 0 Å². The maximum absolute atomic E-state index is 12.3. The first-order chi connectivity index (χ1) is 18.9. The topological polar surface area (TPSA) is 181 Å². The summed E-state index contributed by atoms with van der Waals surface area (Å²) >= 11 is 1.41. The first kappa shape index (κ1) is 29.8. The summed E-state index contributed by atoms with van der Waals surface area (Å²) in [5.74, 6) is 0.682.